The number of rotatable bonds is 7. The summed E-state index contributed by atoms with van der Waals surface area (Å²) in [4.78, 5) is 32.0. The van der Waals surface area contributed by atoms with Crippen molar-refractivity contribution >= 4 is 11.2 Å². The molecule has 0 bridgehead atoms. The van der Waals surface area contributed by atoms with Gasteiger partial charge >= 0.3 is 5.69 Å². The van der Waals surface area contributed by atoms with Crippen molar-refractivity contribution < 1.29 is 4.74 Å². The van der Waals surface area contributed by atoms with E-state index in [1.54, 1.807) is 22.6 Å². The molecule has 0 aliphatic rings. The molecule has 0 saturated carbocycles. The lowest BCUT2D eigenvalue weighted by molar-refractivity contribution is 0.188. The molecule has 9 nitrogen and oxygen atoms in total. The van der Waals surface area contributed by atoms with E-state index in [1.165, 1.54) is 4.57 Å². The number of ether oxygens (including phenoxy) is 1. The van der Waals surface area contributed by atoms with Gasteiger partial charge in [-0.05, 0) is 18.6 Å². The van der Waals surface area contributed by atoms with E-state index in [1.807, 2.05) is 43.5 Å². The lowest BCUT2D eigenvalue weighted by atomic mass is 10.3. The molecule has 0 spiro atoms. The normalized spacial score (nSPS) is 11.4. The van der Waals surface area contributed by atoms with Crippen LogP contribution < -0.4 is 11.2 Å². The van der Waals surface area contributed by atoms with E-state index in [-0.39, 0.29) is 0 Å². The van der Waals surface area contributed by atoms with Crippen LogP contribution in [0.4, 0.5) is 0 Å². The zero-order chi connectivity index (χ0) is 20.4. The van der Waals surface area contributed by atoms with Gasteiger partial charge in [0.25, 0.3) is 5.56 Å². The van der Waals surface area contributed by atoms with Gasteiger partial charge in [-0.25, -0.2) is 14.5 Å². The Morgan fingerprint density at radius 1 is 1.10 bits per heavy atom. The molecular formula is C20H22N6O3. The molecule has 1 N–H and O–H groups in total. The molecule has 29 heavy (non-hydrogen) atoms. The number of para-hydroxylation sites is 1. The molecule has 0 aliphatic heterocycles. The number of aromatic nitrogens is 6. The van der Waals surface area contributed by atoms with Gasteiger partial charge in [-0.3, -0.25) is 14.3 Å². The van der Waals surface area contributed by atoms with Crippen LogP contribution >= 0.6 is 0 Å². The Bertz CT molecular complexity index is 1250. The predicted molar refractivity (Wildman–Crippen MR) is 109 cm³/mol. The second kappa shape index (κ2) is 7.88. The summed E-state index contributed by atoms with van der Waals surface area (Å²) in [5.41, 5.74) is 1.49. The first kappa shape index (κ1) is 18.9. The van der Waals surface area contributed by atoms with Crippen molar-refractivity contribution in [3.8, 4) is 17.1 Å². The van der Waals surface area contributed by atoms with Crippen molar-refractivity contribution in [1.29, 1.82) is 0 Å². The Morgan fingerprint density at radius 2 is 1.90 bits per heavy atom. The highest BCUT2D eigenvalue weighted by Gasteiger charge is 2.20. The van der Waals surface area contributed by atoms with E-state index in [0.29, 0.717) is 36.7 Å². The minimum atomic E-state index is -0.456. The molecule has 0 saturated heterocycles. The highest BCUT2D eigenvalue weighted by molar-refractivity contribution is 5.76. The van der Waals surface area contributed by atoms with Crippen molar-refractivity contribution in [3.63, 3.8) is 0 Å². The number of benzene rings is 1. The van der Waals surface area contributed by atoms with Gasteiger partial charge < -0.3 is 9.30 Å². The third-order valence-electron chi connectivity index (χ3n) is 4.71. The summed E-state index contributed by atoms with van der Waals surface area (Å²) >= 11 is 0. The highest BCUT2D eigenvalue weighted by Crippen LogP contribution is 2.23. The number of aromatic amines is 1. The first-order chi connectivity index (χ1) is 14.1. The number of hydrogen-bond donors (Lipinski definition) is 1. The van der Waals surface area contributed by atoms with Gasteiger partial charge in [0.1, 0.15) is 5.82 Å². The van der Waals surface area contributed by atoms with Gasteiger partial charge in [0, 0.05) is 26.4 Å². The largest absolute Gasteiger partial charge is 0.383 e. The predicted octanol–water partition coefficient (Wildman–Crippen LogP) is 1.80. The topological polar surface area (TPSA) is 99.7 Å². The summed E-state index contributed by atoms with van der Waals surface area (Å²) in [6.45, 7) is 3.26. The average molecular weight is 394 g/mol. The molecule has 9 heteroatoms. The van der Waals surface area contributed by atoms with Crippen molar-refractivity contribution in [1.82, 2.24) is 28.9 Å². The number of hydrogen-bond acceptors (Lipinski definition) is 5. The summed E-state index contributed by atoms with van der Waals surface area (Å²) in [6, 6.07) is 9.72. The number of nitrogens with zero attached hydrogens (tertiary/aromatic N) is 5. The Labute approximate surface area is 166 Å². The van der Waals surface area contributed by atoms with E-state index in [2.05, 4.69) is 15.1 Å². The Morgan fingerprint density at radius 3 is 2.62 bits per heavy atom. The van der Waals surface area contributed by atoms with Crippen molar-refractivity contribution in [2.75, 3.05) is 13.7 Å². The molecule has 0 atom stereocenters. The summed E-state index contributed by atoms with van der Waals surface area (Å²) in [5, 5.41) is 4.43. The summed E-state index contributed by atoms with van der Waals surface area (Å²) < 4.78 is 10.3. The monoisotopic (exact) mass is 394 g/mol. The van der Waals surface area contributed by atoms with E-state index >= 15 is 0 Å². The van der Waals surface area contributed by atoms with Gasteiger partial charge in [0.15, 0.2) is 11.2 Å². The van der Waals surface area contributed by atoms with Crippen molar-refractivity contribution in [3.05, 3.63) is 63.6 Å². The molecule has 0 unspecified atom stereocenters. The quantitative estimate of drug-likeness (QED) is 0.515. The van der Waals surface area contributed by atoms with Crippen LogP contribution in [0.1, 0.15) is 13.3 Å². The number of nitrogens with one attached hydrogen (secondary N) is 1. The Balaban J connectivity index is 1.93. The molecular weight excluding hydrogens is 372 g/mol. The minimum absolute atomic E-state index is 0.359. The molecule has 0 amide bonds. The zero-order valence-electron chi connectivity index (χ0n) is 16.3. The molecule has 0 fully saturated rings. The SMILES string of the molecule is CCCn1c(=O)[nH]c(=O)c2c1nc(-c1cnn(-c3ccccc3)c1)n2CCOC. The van der Waals surface area contributed by atoms with Gasteiger partial charge in [-0.2, -0.15) is 5.10 Å². The molecule has 3 heterocycles. The fraction of sp³-hybridized carbons (Fsp3) is 0.300. The van der Waals surface area contributed by atoms with Crippen LogP contribution in [0.2, 0.25) is 0 Å². The number of fused-ring (bicyclic) bond motifs is 1. The fourth-order valence-electron chi connectivity index (χ4n) is 3.38. The minimum Gasteiger partial charge on any atom is -0.383 e. The Hall–Kier alpha value is -3.46. The average Bonchev–Trinajstić information content (AvgIpc) is 3.35. The van der Waals surface area contributed by atoms with E-state index < -0.39 is 11.2 Å². The second-order valence-corrected chi connectivity index (χ2v) is 6.67. The van der Waals surface area contributed by atoms with Crippen molar-refractivity contribution in [2.45, 2.75) is 26.4 Å². The van der Waals surface area contributed by atoms with E-state index in [9.17, 15) is 9.59 Å². The molecule has 3 aromatic heterocycles. The first-order valence-corrected chi connectivity index (χ1v) is 9.46. The Kier molecular flexibility index (Phi) is 5.13. The van der Waals surface area contributed by atoms with Gasteiger partial charge in [-0.15, -0.1) is 0 Å². The van der Waals surface area contributed by atoms with E-state index in [4.69, 9.17) is 4.74 Å². The van der Waals surface area contributed by atoms with Crippen LogP contribution in [-0.2, 0) is 17.8 Å². The standard InChI is InChI=1S/C20H22N6O3/c1-3-9-25-18-16(19(27)23-20(25)28)24(10-11-29-2)17(22-18)14-12-21-26(13-14)15-7-5-4-6-8-15/h4-8,12-13H,3,9-11H2,1-2H3,(H,23,27,28). The van der Waals surface area contributed by atoms with Gasteiger partial charge in [-0.1, -0.05) is 25.1 Å². The van der Waals surface area contributed by atoms with Gasteiger partial charge in [0.05, 0.1) is 24.1 Å². The maximum Gasteiger partial charge on any atom is 0.330 e. The number of imidazole rings is 1. The molecule has 150 valence electrons. The third-order valence-corrected chi connectivity index (χ3v) is 4.71. The lowest BCUT2D eigenvalue weighted by Gasteiger charge is -2.07. The number of H-pyrrole nitrogens is 1. The van der Waals surface area contributed by atoms with Crippen LogP contribution in [-0.4, -0.2) is 42.6 Å². The maximum absolute atomic E-state index is 12.6. The molecule has 0 aliphatic carbocycles. The van der Waals surface area contributed by atoms with Crippen LogP contribution in [0.15, 0.2) is 52.3 Å². The second-order valence-electron chi connectivity index (χ2n) is 6.67. The number of methoxy groups -OCH3 is 1. The summed E-state index contributed by atoms with van der Waals surface area (Å²) in [5.74, 6) is 0.570. The molecule has 4 rings (SSSR count). The van der Waals surface area contributed by atoms with E-state index in [0.717, 1.165) is 17.7 Å². The molecule has 0 radical (unpaired) electrons. The number of aryl methyl sites for hydroxylation is 1. The highest BCUT2D eigenvalue weighted by atomic mass is 16.5. The third kappa shape index (κ3) is 3.40. The molecule has 4 aromatic rings. The van der Waals surface area contributed by atoms with Crippen molar-refractivity contribution in [2.24, 2.45) is 0 Å². The van der Waals surface area contributed by atoms with Gasteiger partial charge in [0.2, 0.25) is 0 Å². The fourth-order valence-corrected chi connectivity index (χ4v) is 3.38. The van der Waals surface area contributed by atoms with Crippen LogP contribution in [0, 0.1) is 0 Å². The summed E-state index contributed by atoms with van der Waals surface area (Å²) in [7, 11) is 1.60. The lowest BCUT2D eigenvalue weighted by Crippen LogP contribution is -2.31. The summed E-state index contributed by atoms with van der Waals surface area (Å²) in [6.07, 6.45) is 4.30. The molecule has 1 aromatic carbocycles. The smallest absolute Gasteiger partial charge is 0.330 e. The van der Waals surface area contributed by atoms with Crippen LogP contribution in [0.25, 0.3) is 28.2 Å². The zero-order valence-corrected chi connectivity index (χ0v) is 16.3. The maximum atomic E-state index is 12.6. The first-order valence-electron chi connectivity index (χ1n) is 9.46. The van der Waals surface area contributed by atoms with Crippen LogP contribution in [0.5, 0.6) is 0 Å². The van der Waals surface area contributed by atoms with Crippen LogP contribution in [0.3, 0.4) is 0 Å².